The highest BCUT2D eigenvalue weighted by Crippen LogP contribution is 1.94. The lowest BCUT2D eigenvalue weighted by Gasteiger charge is -2.12. The van der Waals surface area contributed by atoms with Gasteiger partial charge in [0.05, 0.1) is 32.3 Å². The van der Waals surface area contributed by atoms with Crippen LogP contribution in [0.15, 0.2) is 0 Å². The van der Waals surface area contributed by atoms with Crippen LogP contribution in [0.5, 0.6) is 0 Å². The molecule has 14 nitrogen and oxygen atoms in total. The third-order valence-electron chi connectivity index (χ3n) is 3.14. The number of carbonyl (C=O) groups excluding carboxylic acids is 4. The minimum atomic E-state index is -1.51. The Morgan fingerprint density at radius 3 is 1.79 bits per heavy atom. The number of aliphatic hydroxyl groups excluding tert-OH is 1. The van der Waals surface area contributed by atoms with E-state index in [0.717, 1.165) is 0 Å². The van der Waals surface area contributed by atoms with Crippen LogP contribution in [0.25, 0.3) is 0 Å². The second-order valence-corrected chi connectivity index (χ2v) is 5.45. The number of carboxylic acid groups (broad SMARTS) is 2. The lowest BCUT2D eigenvalue weighted by atomic mass is 10.1. The van der Waals surface area contributed by atoms with Crippen LogP contribution in [0.3, 0.4) is 0 Å². The first-order valence-corrected chi connectivity index (χ1v) is 7.98. The molecule has 0 unspecified atom stereocenters. The largest absolute Gasteiger partial charge is 0.481 e. The van der Waals surface area contributed by atoms with Crippen molar-refractivity contribution >= 4 is 35.6 Å². The van der Waals surface area contributed by atoms with Crippen molar-refractivity contribution in [3.05, 3.63) is 0 Å². The van der Waals surface area contributed by atoms with Crippen LogP contribution < -0.4 is 27.0 Å². The molecule has 0 rings (SSSR count). The molecule has 0 radical (unpaired) electrons. The topological polar surface area (TPSA) is 237 Å². The fraction of sp³-hybridized carbons (Fsp3) is 0.571. The van der Waals surface area contributed by atoms with Crippen LogP contribution >= 0.6 is 0 Å². The van der Waals surface area contributed by atoms with E-state index in [0.29, 0.717) is 0 Å². The van der Waals surface area contributed by atoms with Crippen molar-refractivity contribution in [2.24, 2.45) is 5.73 Å². The summed E-state index contributed by atoms with van der Waals surface area (Å²) in [7, 11) is 0. The van der Waals surface area contributed by atoms with Crippen molar-refractivity contribution in [3.63, 3.8) is 0 Å². The Labute approximate surface area is 158 Å². The molecule has 0 spiro atoms. The molecule has 0 bridgehead atoms. The molecule has 0 aliphatic heterocycles. The third kappa shape index (κ3) is 11.4. The molecular weight excluding hydrogens is 382 g/mol. The van der Waals surface area contributed by atoms with Gasteiger partial charge in [-0.25, -0.2) is 4.79 Å². The quantitative estimate of drug-likeness (QED) is 0.145. The zero-order valence-corrected chi connectivity index (χ0v) is 14.8. The van der Waals surface area contributed by atoms with Gasteiger partial charge in [-0.05, 0) is 6.42 Å². The highest BCUT2D eigenvalue weighted by molar-refractivity contribution is 5.91. The van der Waals surface area contributed by atoms with E-state index in [-0.39, 0.29) is 12.8 Å². The molecule has 0 aliphatic carbocycles. The van der Waals surface area contributed by atoms with Crippen molar-refractivity contribution in [1.82, 2.24) is 21.3 Å². The molecule has 14 heteroatoms. The molecule has 2 atom stereocenters. The van der Waals surface area contributed by atoms with Crippen molar-refractivity contribution in [3.8, 4) is 0 Å². The van der Waals surface area contributed by atoms with Gasteiger partial charge in [0.15, 0.2) is 0 Å². The number of amides is 4. The second kappa shape index (κ2) is 13.0. The number of carbonyl (C=O) groups is 6. The molecule has 0 saturated heterocycles. The lowest BCUT2D eigenvalue weighted by molar-refractivity contribution is -0.143. The number of nitrogens with one attached hydrogen (secondary N) is 4. The maximum Gasteiger partial charge on any atom is 0.328 e. The fourth-order valence-corrected chi connectivity index (χ4v) is 1.62. The summed E-state index contributed by atoms with van der Waals surface area (Å²) in [6.07, 6.45) is -0.410. The van der Waals surface area contributed by atoms with E-state index in [1.54, 1.807) is 0 Å². The zero-order chi connectivity index (χ0) is 21.7. The number of nitrogens with two attached hydrogens (primary N) is 1. The summed E-state index contributed by atoms with van der Waals surface area (Å²) >= 11 is 0. The first-order valence-electron chi connectivity index (χ1n) is 7.98. The third-order valence-corrected chi connectivity index (χ3v) is 3.14. The van der Waals surface area contributed by atoms with Crippen LogP contribution in [-0.4, -0.2) is 89.2 Å². The molecule has 0 heterocycles. The molecule has 0 fully saturated rings. The average Bonchev–Trinajstić information content (AvgIpc) is 2.64. The predicted molar refractivity (Wildman–Crippen MR) is 90.5 cm³/mol. The number of carboxylic acids is 2. The predicted octanol–water partition coefficient (Wildman–Crippen LogP) is -4.91. The molecule has 4 amide bonds. The fourth-order valence-electron chi connectivity index (χ4n) is 1.62. The number of aliphatic carboxylic acids is 2. The molecule has 9 N–H and O–H groups in total. The first kappa shape index (κ1) is 24.7. The van der Waals surface area contributed by atoms with Gasteiger partial charge < -0.3 is 42.3 Å². The van der Waals surface area contributed by atoms with Gasteiger partial charge in [0.1, 0.15) is 6.04 Å². The Morgan fingerprint density at radius 1 is 0.821 bits per heavy atom. The second-order valence-electron chi connectivity index (χ2n) is 5.45. The van der Waals surface area contributed by atoms with Gasteiger partial charge in [0.2, 0.25) is 23.6 Å². The minimum absolute atomic E-state index is 0.105. The van der Waals surface area contributed by atoms with Crippen LogP contribution in [0.2, 0.25) is 0 Å². The normalized spacial score (nSPS) is 12.2. The highest BCUT2D eigenvalue weighted by atomic mass is 16.4. The molecule has 0 saturated carbocycles. The van der Waals surface area contributed by atoms with E-state index in [4.69, 9.17) is 21.1 Å². The summed E-state index contributed by atoms with van der Waals surface area (Å²) in [5, 5.41) is 34.3. The summed E-state index contributed by atoms with van der Waals surface area (Å²) in [4.78, 5) is 67.0. The van der Waals surface area contributed by atoms with E-state index in [9.17, 15) is 28.8 Å². The summed E-state index contributed by atoms with van der Waals surface area (Å²) in [6.45, 7) is -2.41. The Kier molecular flexibility index (Phi) is 11.5. The van der Waals surface area contributed by atoms with Crippen molar-refractivity contribution in [2.75, 3.05) is 26.2 Å². The zero-order valence-electron chi connectivity index (χ0n) is 14.8. The number of hydrogen-bond acceptors (Lipinski definition) is 8. The van der Waals surface area contributed by atoms with Gasteiger partial charge in [0, 0.05) is 6.42 Å². The summed E-state index contributed by atoms with van der Waals surface area (Å²) in [5.74, 6) is -5.64. The van der Waals surface area contributed by atoms with Gasteiger partial charge in [0.25, 0.3) is 0 Å². The van der Waals surface area contributed by atoms with Crippen molar-refractivity contribution in [2.45, 2.75) is 24.9 Å². The maximum atomic E-state index is 11.5. The van der Waals surface area contributed by atoms with Gasteiger partial charge in [-0.3, -0.25) is 24.0 Å². The van der Waals surface area contributed by atoms with Crippen LogP contribution in [0, 0.1) is 0 Å². The molecular formula is C14H23N5O9. The highest BCUT2D eigenvalue weighted by Gasteiger charge is 2.19. The van der Waals surface area contributed by atoms with Gasteiger partial charge >= 0.3 is 11.9 Å². The van der Waals surface area contributed by atoms with Crippen LogP contribution in [-0.2, 0) is 28.8 Å². The van der Waals surface area contributed by atoms with E-state index in [1.165, 1.54) is 0 Å². The van der Waals surface area contributed by atoms with E-state index in [2.05, 4.69) is 16.0 Å². The Balaban J connectivity index is 4.04. The number of rotatable bonds is 13. The number of hydrogen-bond donors (Lipinski definition) is 8. The molecule has 0 aromatic rings. The van der Waals surface area contributed by atoms with Gasteiger partial charge in [-0.15, -0.1) is 0 Å². The smallest absolute Gasteiger partial charge is 0.328 e. The lowest BCUT2D eigenvalue weighted by Crippen LogP contribution is -2.49. The van der Waals surface area contributed by atoms with Gasteiger partial charge in [-0.2, -0.15) is 0 Å². The molecule has 158 valence electrons. The monoisotopic (exact) mass is 405 g/mol. The van der Waals surface area contributed by atoms with Crippen LogP contribution in [0.1, 0.15) is 12.8 Å². The standard InChI is InChI=1S/C14H23N5O9/c15-7(1-2-12(24)25)13(26)18-4-10(22)16-3-9(21)17-5-11(23)19-8(6-20)14(27)28/h7-8,20H,1-6,15H2,(H,16,22)(H,17,21)(H,18,26)(H,19,23)(H,24,25)(H,27,28)/t7-,8-/m0/s1. The van der Waals surface area contributed by atoms with E-state index < -0.39 is 73.9 Å². The molecule has 0 aliphatic rings. The molecule has 0 aromatic carbocycles. The number of aliphatic hydroxyl groups is 1. The minimum Gasteiger partial charge on any atom is -0.481 e. The summed E-state index contributed by atoms with van der Waals surface area (Å²) in [5.41, 5.74) is 5.44. The average molecular weight is 405 g/mol. The van der Waals surface area contributed by atoms with Crippen LogP contribution in [0.4, 0.5) is 0 Å². The van der Waals surface area contributed by atoms with Crippen molar-refractivity contribution < 1.29 is 44.1 Å². The summed E-state index contributed by atoms with van der Waals surface area (Å²) in [6, 6.07) is -2.60. The maximum absolute atomic E-state index is 11.5. The Bertz CT molecular complexity index is 610. The molecule has 28 heavy (non-hydrogen) atoms. The Hall–Kier alpha value is -3.26. The molecule has 0 aromatic heterocycles. The van der Waals surface area contributed by atoms with E-state index >= 15 is 0 Å². The van der Waals surface area contributed by atoms with Gasteiger partial charge in [-0.1, -0.05) is 0 Å². The Morgan fingerprint density at radius 2 is 1.32 bits per heavy atom. The van der Waals surface area contributed by atoms with Crippen molar-refractivity contribution in [1.29, 1.82) is 0 Å². The first-order chi connectivity index (χ1) is 13.1. The SMILES string of the molecule is N[C@@H](CCC(=O)O)C(=O)NCC(=O)NCC(=O)NCC(=O)N[C@@H](CO)C(=O)O. The van der Waals surface area contributed by atoms with E-state index in [1.807, 2.05) is 5.32 Å². The summed E-state index contributed by atoms with van der Waals surface area (Å²) < 4.78 is 0.